The standard InChI is InChI=1S/C16H22N2O5/c1-16(2,3)23-15(20)18-8-4-7-17-14(19)11-5-6-12-13(9-11)22-10-21-12/h5-6,9H,4,7-8,10H2,1-3H3,(H,17,19)(H,18,20). The summed E-state index contributed by atoms with van der Waals surface area (Å²) < 4.78 is 15.5. The molecule has 0 fully saturated rings. The maximum atomic E-state index is 12.0. The predicted octanol–water partition coefficient (Wildman–Crippen LogP) is 2.06. The Bertz CT molecular complexity index is 580. The van der Waals surface area contributed by atoms with E-state index in [1.165, 1.54) is 0 Å². The minimum Gasteiger partial charge on any atom is -0.454 e. The number of carbonyl (C=O) groups is 2. The van der Waals surface area contributed by atoms with Gasteiger partial charge in [0.15, 0.2) is 11.5 Å². The maximum absolute atomic E-state index is 12.0. The van der Waals surface area contributed by atoms with E-state index in [2.05, 4.69) is 10.6 Å². The van der Waals surface area contributed by atoms with E-state index in [4.69, 9.17) is 14.2 Å². The van der Waals surface area contributed by atoms with Crippen LogP contribution < -0.4 is 20.1 Å². The fourth-order valence-electron chi connectivity index (χ4n) is 1.93. The van der Waals surface area contributed by atoms with Crippen LogP contribution in [-0.2, 0) is 4.74 Å². The van der Waals surface area contributed by atoms with E-state index in [0.717, 1.165) is 0 Å². The third-order valence-electron chi connectivity index (χ3n) is 2.94. The molecule has 7 nitrogen and oxygen atoms in total. The first-order valence-electron chi connectivity index (χ1n) is 7.50. The summed E-state index contributed by atoms with van der Waals surface area (Å²) in [5.74, 6) is 1.02. The third kappa shape index (κ3) is 5.36. The van der Waals surface area contributed by atoms with Gasteiger partial charge in [-0.3, -0.25) is 4.79 Å². The summed E-state index contributed by atoms with van der Waals surface area (Å²) >= 11 is 0. The molecule has 2 N–H and O–H groups in total. The molecule has 2 amide bonds. The van der Waals surface area contributed by atoms with Crippen LogP contribution in [0.25, 0.3) is 0 Å². The maximum Gasteiger partial charge on any atom is 0.407 e. The predicted molar refractivity (Wildman–Crippen MR) is 83.8 cm³/mol. The number of rotatable bonds is 5. The molecule has 0 spiro atoms. The van der Waals surface area contributed by atoms with Gasteiger partial charge in [-0.15, -0.1) is 0 Å². The van der Waals surface area contributed by atoms with E-state index in [1.807, 2.05) is 0 Å². The molecular weight excluding hydrogens is 300 g/mol. The number of fused-ring (bicyclic) bond motifs is 1. The van der Waals surface area contributed by atoms with Crippen molar-refractivity contribution in [1.29, 1.82) is 0 Å². The van der Waals surface area contributed by atoms with E-state index in [0.29, 0.717) is 36.6 Å². The number of carbonyl (C=O) groups excluding carboxylic acids is 2. The van der Waals surface area contributed by atoms with Crippen LogP contribution in [-0.4, -0.2) is 37.5 Å². The van der Waals surface area contributed by atoms with Gasteiger partial charge in [-0.1, -0.05) is 0 Å². The van der Waals surface area contributed by atoms with Crippen LogP contribution >= 0.6 is 0 Å². The quantitative estimate of drug-likeness (QED) is 0.811. The second-order valence-corrected chi connectivity index (χ2v) is 6.11. The fourth-order valence-corrected chi connectivity index (χ4v) is 1.93. The highest BCUT2D eigenvalue weighted by atomic mass is 16.7. The Morgan fingerprint density at radius 1 is 1.13 bits per heavy atom. The van der Waals surface area contributed by atoms with Gasteiger partial charge in [0.2, 0.25) is 6.79 Å². The third-order valence-corrected chi connectivity index (χ3v) is 2.94. The van der Waals surface area contributed by atoms with Crippen LogP contribution in [0, 0.1) is 0 Å². The molecule has 2 rings (SSSR count). The van der Waals surface area contributed by atoms with Crippen LogP contribution in [0.3, 0.4) is 0 Å². The molecule has 0 unspecified atom stereocenters. The van der Waals surface area contributed by atoms with Crippen LogP contribution in [0.1, 0.15) is 37.6 Å². The molecule has 0 radical (unpaired) electrons. The Morgan fingerprint density at radius 3 is 2.57 bits per heavy atom. The van der Waals surface area contributed by atoms with Crippen molar-refractivity contribution in [2.24, 2.45) is 0 Å². The summed E-state index contributed by atoms with van der Waals surface area (Å²) in [4.78, 5) is 23.4. The van der Waals surface area contributed by atoms with Crippen LogP contribution in [0.2, 0.25) is 0 Å². The molecule has 1 aromatic carbocycles. The molecule has 0 saturated heterocycles. The Labute approximate surface area is 135 Å². The summed E-state index contributed by atoms with van der Waals surface area (Å²) in [6.45, 7) is 6.46. The van der Waals surface area contributed by atoms with Crippen LogP contribution in [0.15, 0.2) is 18.2 Å². The second kappa shape index (κ2) is 7.21. The number of nitrogens with one attached hydrogen (secondary N) is 2. The lowest BCUT2D eigenvalue weighted by Gasteiger charge is -2.19. The van der Waals surface area contributed by atoms with Gasteiger partial charge in [-0.2, -0.15) is 0 Å². The highest BCUT2D eigenvalue weighted by molar-refractivity contribution is 5.94. The van der Waals surface area contributed by atoms with E-state index >= 15 is 0 Å². The zero-order valence-corrected chi connectivity index (χ0v) is 13.6. The van der Waals surface area contributed by atoms with Crippen molar-refractivity contribution >= 4 is 12.0 Å². The first-order valence-corrected chi connectivity index (χ1v) is 7.50. The summed E-state index contributed by atoms with van der Waals surface area (Å²) in [5.41, 5.74) is -0.00756. The van der Waals surface area contributed by atoms with Gasteiger partial charge in [0, 0.05) is 18.7 Å². The number of benzene rings is 1. The number of ether oxygens (including phenoxy) is 3. The first kappa shape index (κ1) is 16.9. The molecule has 0 aromatic heterocycles. The smallest absolute Gasteiger partial charge is 0.407 e. The Hall–Kier alpha value is -2.44. The molecule has 0 atom stereocenters. The zero-order chi connectivity index (χ0) is 16.9. The van der Waals surface area contributed by atoms with Gasteiger partial charge in [0.25, 0.3) is 5.91 Å². The molecule has 126 valence electrons. The Morgan fingerprint density at radius 2 is 1.83 bits per heavy atom. The van der Waals surface area contributed by atoms with Crippen molar-refractivity contribution in [2.75, 3.05) is 19.9 Å². The summed E-state index contributed by atoms with van der Waals surface area (Å²) in [7, 11) is 0. The lowest BCUT2D eigenvalue weighted by atomic mass is 10.2. The van der Waals surface area contributed by atoms with Crippen molar-refractivity contribution in [3.05, 3.63) is 23.8 Å². The lowest BCUT2D eigenvalue weighted by Crippen LogP contribution is -2.34. The molecule has 1 aliphatic rings. The minimum atomic E-state index is -0.516. The normalized spacial score (nSPS) is 12.7. The van der Waals surface area contributed by atoms with Crippen LogP contribution in [0.5, 0.6) is 11.5 Å². The van der Waals surface area contributed by atoms with Crippen LogP contribution in [0.4, 0.5) is 4.79 Å². The van der Waals surface area contributed by atoms with E-state index < -0.39 is 11.7 Å². The van der Waals surface area contributed by atoms with Crippen molar-refractivity contribution in [2.45, 2.75) is 32.8 Å². The van der Waals surface area contributed by atoms with Gasteiger partial charge >= 0.3 is 6.09 Å². The Kier molecular flexibility index (Phi) is 5.31. The highest BCUT2D eigenvalue weighted by Gasteiger charge is 2.17. The first-order chi connectivity index (χ1) is 10.8. The SMILES string of the molecule is CC(C)(C)OC(=O)NCCCNC(=O)c1ccc2c(c1)OCO2. The number of hydrogen-bond donors (Lipinski definition) is 2. The minimum absolute atomic E-state index is 0.177. The number of alkyl carbamates (subject to hydrolysis) is 1. The Balaban J connectivity index is 1.66. The molecule has 0 saturated carbocycles. The molecular formula is C16H22N2O5. The zero-order valence-electron chi connectivity index (χ0n) is 13.6. The molecule has 1 aromatic rings. The van der Waals surface area contributed by atoms with E-state index in [9.17, 15) is 9.59 Å². The molecule has 23 heavy (non-hydrogen) atoms. The number of amides is 2. The summed E-state index contributed by atoms with van der Waals surface area (Å²) in [6, 6.07) is 5.04. The molecule has 7 heteroatoms. The average Bonchev–Trinajstić information content (AvgIpc) is 2.92. The number of hydrogen-bond acceptors (Lipinski definition) is 5. The molecule has 0 bridgehead atoms. The van der Waals surface area contributed by atoms with Crippen molar-refractivity contribution in [3.8, 4) is 11.5 Å². The molecule has 1 aliphatic heterocycles. The second-order valence-electron chi connectivity index (χ2n) is 6.11. The summed E-state index contributed by atoms with van der Waals surface area (Å²) in [5, 5.41) is 5.42. The fraction of sp³-hybridized carbons (Fsp3) is 0.500. The van der Waals surface area contributed by atoms with Crippen molar-refractivity contribution in [1.82, 2.24) is 10.6 Å². The molecule has 0 aliphatic carbocycles. The van der Waals surface area contributed by atoms with E-state index in [-0.39, 0.29) is 12.7 Å². The molecule has 1 heterocycles. The van der Waals surface area contributed by atoms with Gasteiger partial charge < -0.3 is 24.8 Å². The van der Waals surface area contributed by atoms with Gasteiger partial charge in [-0.05, 0) is 45.4 Å². The van der Waals surface area contributed by atoms with Gasteiger partial charge in [-0.25, -0.2) is 4.79 Å². The topological polar surface area (TPSA) is 85.9 Å². The largest absolute Gasteiger partial charge is 0.454 e. The summed E-state index contributed by atoms with van der Waals surface area (Å²) in [6.07, 6.45) is 0.148. The average molecular weight is 322 g/mol. The monoisotopic (exact) mass is 322 g/mol. The van der Waals surface area contributed by atoms with E-state index in [1.54, 1.807) is 39.0 Å². The van der Waals surface area contributed by atoms with Crippen molar-refractivity contribution < 1.29 is 23.8 Å². The van der Waals surface area contributed by atoms with Gasteiger partial charge in [0.05, 0.1) is 0 Å². The lowest BCUT2D eigenvalue weighted by molar-refractivity contribution is 0.0527. The van der Waals surface area contributed by atoms with Crippen molar-refractivity contribution in [3.63, 3.8) is 0 Å². The van der Waals surface area contributed by atoms with Gasteiger partial charge in [0.1, 0.15) is 5.60 Å². The highest BCUT2D eigenvalue weighted by Crippen LogP contribution is 2.32.